The number of nitrogens with zero attached hydrogens (tertiary/aromatic N) is 1. The third kappa shape index (κ3) is 4.27. The van der Waals surface area contributed by atoms with Gasteiger partial charge in [0, 0.05) is 6.04 Å². The topological polar surface area (TPSA) is 21.5 Å². The molecule has 128 valence electrons. The van der Waals surface area contributed by atoms with Gasteiger partial charge in [-0.2, -0.15) is 0 Å². The number of methoxy groups -OCH3 is 1. The summed E-state index contributed by atoms with van der Waals surface area (Å²) >= 11 is 0. The zero-order valence-electron chi connectivity index (χ0n) is 14.7. The highest BCUT2D eigenvalue weighted by atomic mass is 16.5. The van der Waals surface area contributed by atoms with E-state index in [4.69, 9.17) is 9.47 Å². The third-order valence-electron chi connectivity index (χ3n) is 5.35. The van der Waals surface area contributed by atoms with Crippen molar-refractivity contribution in [2.75, 3.05) is 13.7 Å². The first-order chi connectivity index (χ1) is 11.3. The van der Waals surface area contributed by atoms with Crippen LogP contribution in [0.1, 0.15) is 57.4 Å². The SMILES string of the molecule is CCCCCCN1[C@@H]2[C@H]1CCC[C@H]2OCc1cccc(OC)c1. The van der Waals surface area contributed by atoms with E-state index >= 15 is 0 Å². The molecular formula is C20H31NO2. The van der Waals surface area contributed by atoms with E-state index in [0.29, 0.717) is 18.8 Å². The lowest BCUT2D eigenvalue weighted by Crippen LogP contribution is -2.26. The van der Waals surface area contributed by atoms with Gasteiger partial charge in [-0.05, 0) is 49.9 Å². The first-order valence-corrected chi connectivity index (χ1v) is 9.33. The Hall–Kier alpha value is -1.06. The zero-order chi connectivity index (χ0) is 16.1. The number of ether oxygens (including phenoxy) is 2. The Labute approximate surface area is 141 Å². The van der Waals surface area contributed by atoms with E-state index in [1.54, 1.807) is 7.11 Å². The molecule has 4 atom stereocenters. The molecule has 0 amide bonds. The lowest BCUT2D eigenvalue weighted by Gasteiger charge is -2.20. The number of rotatable bonds is 9. The Morgan fingerprint density at radius 3 is 2.91 bits per heavy atom. The summed E-state index contributed by atoms with van der Waals surface area (Å²) in [5.74, 6) is 0.914. The van der Waals surface area contributed by atoms with Gasteiger partial charge in [-0.15, -0.1) is 0 Å². The van der Waals surface area contributed by atoms with Gasteiger partial charge in [0.15, 0.2) is 0 Å². The van der Waals surface area contributed by atoms with Crippen LogP contribution in [-0.4, -0.2) is 36.7 Å². The first-order valence-electron chi connectivity index (χ1n) is 9.33. The van der Waals surface area contributed by atoms with Gasteiger partial charge >= 0.3 is 0 Å². The van der Waals surface area contributed by atoms with Crippen molar-refractivity contribution in [3.8, 4) is 5.75 Å². The molecule has 3 rings (SSSR count). The highest BCUT2D eigenvalue weighted by molar-refractivity contribution is 5.28. The van der Waals surface area contributed by atoms with Crippen molar-refractivity contribution in [1.82, 2.24) is 4.90 Å². The minimum atomic E-state index is 0.422. The van der Waals surface area contributed by atoms with Crippen molar-refractivity contribution in [2.24, 2.45) is 0 Å². The van der Waals surface area contributed by atoms with E-state index in [-0.39, 0.29) is 0 Å². The highest BCUT2D eigenvalue weighted by Crippen LogP contribution is 2.42. The van der Waals surface area contributed by atoms with E-state index < -0.39 is 0 Å². The second kappa shape index (κ2) is 8.16. The predicted octanol–water partition coefficient (Wildman–Crippen LogP) is 4.40. The van der Waals surface area contributed by atoms with Crippen LogP contribution >= 0.6 is 0 Å². The number of unbranched alkanes of at least 4 members (excludes halogenated alkanes) is 3. The molecule has 0 spiro atoms. The molecule has 0 radical (unpaired) electrons. The lowest BCUT2D eigenvalue weighted by atomic mass is 9.98. The molecule has 1 aliphatic heterocycles. The van der Waals surface area contributed by atoms with Crippen molar-refractivity contribution < 1.29 is 9.47 Å². The second-order valence-corrected chi connectivity index (χ2v) is 6.99. The van der Waals surface area contributed by atoms with Crippen LogP contribution in [0.4, 0.5) is 0 Å². The average Bonchev–Trinajstić information content (AvgIpc) is 3.31. The van der Waals surface area contributed by atoms with Gasteiger partial charge in [0.25, 0.3) is 0 Å². The Morgan fingerprint density at radius 1 is 1.17 bits per heavy atom. The van der Waals surface area contributed by atoms with Crippen LogP contribution in [0, 0.1) is 0 Å². The molecule has 1 aromatic carbocycles. The van der Waals surface area contributed by atoms with Crippen LogP contribution in [0.5, 0.6) is 5.75 Å². The molecule has 2 fully saturated rings. The summed E-state index contributed by atoms with van der Waals surface area (Å²) in [7, 11) is 1.71. The third-order valence-corrected chi connectivity index (χ3v) is 5.35. The van der Waals surface area contributed by atoms with Crippen molar-refractivity contribution in [1.29, 1.82) is 0 Å². The van der Waals surface area contributed by atoms with Crippen molar-refractivity contribution in [2.45, 2.75) is 76.7 Å². The summed E-state index contributed by atoms with van der Waals surface area (Å²) in [6, 6.07) is 9.72. The van der Waals surface area contributed by atoms with Crippen molar-refractivity contribution >= 4 is 0 Å². The number of fused-ring (bicyclic) bond motifs is 1. The Morgan fingerprint density at radius 2 is 2.09 bits per heavy atom. The van der Waals surface area contributed by atoms with Crippen LogP contribution in [-0.2, 0) is 11.3 Å². The average molecular weight is 317 g/mol. The van der Waals surface area contributed by atoms with E-state index in [2.05, 4.69) is 24.0 Å². The van der Waals surface area contributed by atoms with E-state index in [9.17, 15) is 0 Å². The molecule has 1 heterocycles. The molecule has 3 nitrogen and oxygen atoms in total. The maximum atomic E-state index is 6.28. The van der Waals surface area contributed by atoms with Gasteiger partial charge in [-0.3, -0.25) is 4.90 Å². The van der Waals surface area contributed by atoms with Crippen LogP contribution in [0.3, 0.4) is 0 Å². The maximum Gasteiger partial charge on any atom is 0.119 e. The molecule has 3 heteroatoms. The molecule has 0 aromatic heterocycles. The number of hydrogen-bond donors (Lipinski definition) is 0. The molecule has 1 aromatic rings. The molecular weight excluding hydrogens is 286 g/mol. The van der Waals surface area contributed by atoms with E-state index in [1.807, 2.05) is 12.1 Å². The maximum absolute atomic E-state index is 6.28. The fraction of sp³-hybridized carbons (Fsp3) is 0.700. The normalized spacial score (nSPS) is 29.1. The molecule has 2 aliphatic rings. The van der Waals surface area contributed by atoms with Gasteiger partial charge in [-0.1, -0.05) is 38.3 Å². The first kappa shape index (κ1) is 16.8. The zero-order valence-corrected chi connectivity index (χ0v) is 14.7. The van der Waals surface area contributed by atoms with Gasteiger partial charge < -0.3 is 9.47 Å². The highest BCUT2D eigenvalue weighted by Gasteiger charge is 2.53. The fourth-order valence-corrected chi connectivity index (χ4v) is 4.03. The summed E-state index contributed by atoms with van der Waals surface area (Å²) in [6.07, 6.45) is 9.75. The summed E-state index contributed by atoms with van der Waals surface area (Å²) < 4.78 is 11.6. The molecule has 0 bridgehead atoms. The smallest absolute Gasteiger partial charge is 0.119 e. The van der Waals surface area contributed by atoms with Gasteiger partial charge in [0.2, 0.25) is 0 Å². The van der Waals surface area contributed by atoms with Crippen LogP contribution in [0.25, 0.3) is 0 Å². The number of likely N-dealkylation sites (tertiary alicyclic amines) is 1. The summed E-state index contributed by atoms with van der Waals surface area (Å²) in [5.41, 5.74) is 1.21. The minimum absolute atomic E-state index is 0.422. The second-order valence-electron chi connectivity index (χ2n) is 6.99. The standard InChI is InChI=1S/C20H31NO2/c1-3-4-5-6-13-21-18-11-8-12-19(20(18)21)23-15-16-9-7-10-17(14-16)22-2/h7,9-10,14,18-20H,3-6,8,11-13,15H2,1-2H3/t18-,19-,20-,21?/m1/s1. The molecule has 1 unspecified atom stereocenters. The molecule has 23 heavy (non-hydrogen) atoms. The molecule has 0 N–H and O–H groups in total. The quantitative estimate of drug-likeness (QED) is 0.498. The van der Waals surface area contributed by atoms with Gasteiger partial charge in [0.1, 0.15) is 5.75 Å². The molecule has 1 saturated carbocycles. The summed E-state index contributed by atoms with van der Waals surface area (Å²) in [4.78, 5) is 2.69. The molecule has 1 saturated heterocycles. The van der Waals surface area contributed by atoms with Gasteiger partial charge in [-0.25, -0.2) is 0 Å². The Kier molecular flexibility index (Phi) is 5.96. The fourth-order valence-electron chi connectivity index (χ4n) is 4.03. The largest absolute Gasteiger partial charge is 0.497 e. The lowest BCUT2D eigenvalue weighted by molar-refractivity contribution is 0.0202. The minimum Gasteiger partial charge on any atom is -0.497 e. The van der Waals surface area contributed by atoms with E-state index in [0.717, 1.165) is 11.8 Å². The van der Waals surface area contributed by atoms with Crippen molar-refractivity contribution in [3.63, 3.8) is 0 Å². The van der Waals surface area contributed by atoms with Crippen LogP contribution < -0.4 is 4.74 Å². The van der Waals surface area contributed by atoms with Gasteiger partial charge in [0.05, 0.1) is 25.9 Å². The Bertz CT molecular complexity index is 490. The van der Waals surface area contributed by atoms with Crippen LogP contribution in [0.15, 0.2) is 24.3 Å². The van der Waals surface area contributed by atoms with Crippen LogP contribution in [0.2, 0.25) is 0 Å². The van der Waals surface area contributed by atoms with Crippen molar-refractivity contribution in [3.05, 3.63) is 29.8 Å². The predicted molar refractivity (Wildman–Crippen MR) is 93.8 cm³/mol. The number of benzene rings is 1. The van der Waals surface area contributed by atoms with E-state index in [1.165, 1.54) is 57.1 Å². The Balaban J connectivity index is 1.46. The summed E-state index contributed by atoms with van der Waals surface area (Å²) in [5, 5.41) is 0. The number of hydrogen-bond acceptors (Lipinski definition) is 3. The summed E-state index contributed by atoms with van der Waals surface area (Å²) in [6.45, 7) is 4.25. The molecule has 1 aliphatic carbocycles. The monoisotopic (exact) mass is 317 g/mol.